The van der Waals surface area contributed by atoms with Crippen LogP contribution in [-0.4, -0.2) is 44.2 Å². The second-order valence-electron chi connectivity index (χ2n) is 8.20. The molecule has 1 aliphatic rings. The number of piperazine rings is 1. The van der Waals surface area contributed by atoms with Crippen molar-refractivity contribution in [2.24, 2.45) is 0 Å². The number of ether oxygens (including phenoxy) is 2. The molecule has 1 aliphatic heterocycles. The molecule has 0 bridgehead atoms. The minimum Gasteiger partial charge on any atom is -0.504 e. The van der Waals surface area contributed by atoms with Gasteiger partial charge in [0.05, 0.1) is 7.11 Å². The molecule has 176 valence electrons. The van der Waals surface area contributed by atoms with Crippen molar-refractivity contribution in [3.05, 3.63) is 89.5 Å². The zero-order valence-electron chi connectivity index (χ0n) is 19.4. The third kappa shape index (κ3) is 6.17. The second-order valence-corrected chi connectivity index (χ2v) is 8.20. The molecule has 2 N–H and O–H groups in total. The summed E-state index contributed by atoms with van der Waals surface area (Å²) < 4.78 is 11.2. The molecule has 0 radical (unpaired) electrons. The number of hydrogen-bond acceptors (Lipinski definition) is 6. The van der Waals surface area contributed by atoms with Crippen LogP contribution in [0.3, 0.4) is 0 Å². The van der Waals surface area contributed by atoms with Crippen LogP contribution in [0.5, 0.6) is 17.2 Å². The van der Waals surface area contributed by atoms with Crippen molar-refractivity contribution in [2.45, 2.75) is 13.0 Å². The summed E-state index contributed by atoms with van der Waals surface area (Å²) in [5, 5.41) is 13.3. The zero-order valence-corrected chi connectivity index (χ0v) is 19.4. The highest BCUT2D eigenvalue weighted by atomic mass is 16.5. The molecule has 6 heteroatoms. The number of carbonyl (C=O) groups is 1. The number of allylic oxidation sites excluding steroid dienone is 1. The average Bonchev–Trinajstić information content (AvgIpc) is 2.88. The van der Waals surface area contributed by atoms with Gasteiger partial charge in [-0.15, -0.1) is 0 Å². The van der Waals surface area contributed by atoms with Gasteiger partial charge in [0.25, 0.3) is 0 Å². The second kappa shape index (κ2) is 11.4. The Hall–Kier alpha value is -3.77. The first-order valence-corrected chi connectivity index (χ1v) is 11.5. The Morgan fingerprint density at radius 2 is 1.82 bits per heavy atom. The summed E-state index contributed by atoms with van der Waals surface area (Å²) in [5.74, 6) is 1.23. The molecule has 0 aromatic heterocycles. The SMILES string of the molecule is COc1ccc(/C=C/C(=O)Cc2ccccc2COc2cccc(N3CCNCC3)c2)cc1O. The fourth-order valence-electron chi connectivity index (χ4n) is 3.97. The van der Waals surface area contributed by atoms with Gasteiger partial charge in [-0.2, -0.15) is 0 Å². The lowest BCUT2D eigenvalue weighted by Crippen LogP contribution is -2.43. The fourth-order valence-corrected chi connectivity index (χ4v) is 3.97. The van der Waals surface area contributed by atoms with Crippen LogP contribution in [0.15, 0.2) is 72.8 Å². The number of ketones is 1. The lowest BCUT2D eigenvalue weighted by atomic mass is 10.0. The maximum atomic E-state index is 12.6. The Morgan fingerprint density at radius 3 is 2.59 bits per heavy atom. The molecular weight excluding hydrogens is 428 g/mol. The van der Waals surface area contributed by atoms with E-state index in [2.05, 4.69) is 22.3 Å². The van der Waals surface area contributed by atoms with Crippen LogP contribution < -0.4 is 19.7 Å². The number of phenols is 1. The van der Waals surface area contributed by atoms with Crippen molar-refractivity contribution >= 4 is 17.5 Å². The summed E-state index contributed by atoms with van der Waals surface area (Å²) >= 11 is 0. The van der Waals surface area contributed by atoms with Crippen LogP contribution in [0.25, 0.3) is 6.08 Å². The molecule has 0 unspecified atom stereocenters. The Balaban J connectivity index is 1.38. The van der Waals surface area contributed by atoms with Gasteiger partial charge >= 0.3 is 0 Å². The molecule has 4 rings (SSSR count). The van der Waals surface area contributed by atoms with Crippen molar-refractivity contribution in [1.29, 1.82) is 0 Å². The zero-order chi connectivity index (χ0) is 23.8. The highest BCUT2D eigenvalue weighted by molar-refractivity contribution is 5.95. The molecule has 1 fully saturated rings. The van der Waals surface area contributed by atoms with Crippen molar-refractivity contribution in [3.8, 4) is 17.2 Å². The summed E-state index contributed by atoms with van der Waals surface area (Å²) in [6.45, 7) is 4.34. The summed E-state index contributed by atoms with van der Waals surface area (Å²) in [4.78, 5) is 15.0. The number of phenolic OH excluding ortho intramolecular Hbond substituents is 1. The number of hydrogen-bond donors (Lipinski definition) is 2. The minimum atomic E-state index is -0.0246. The molecule has 0 spiro atoms. The summed E-state index contributed by atoms with van der Waals surface area (Å²) in [6.07, 6.45) is 3.51. The molecule has 3 aromatic rings. The van der Waals surface area contributed by atoms with Gasteiger partial charge in [0.1, 0.15) is 12.4 Å². The predicted octanol–water partition coefficient (Wildman–Crippen LogP) is 4.21. The van der Waals surface area contributed by atoms with E-state index in [1.54, 1.807) is 24.3 Å². The van der Waals surface area contributed by atoms with Gasteiger partial charge in [-0.25, -0.2) is 0 Å². The normalized spacial score (nSPS) is 13.7. The van der Waals surface area contributed by atoms with Crippen molar-refractivity contribution in [3.63, 3.8) is 0 Å². The lowest BCUT2D eigenvalue weighted by molar-refractivity contribution is -0.113. The first-order valence-electron chi connectivity index (χ1n) is 11.5. The van der Waals surface area contributed by atoms with Crippen LogP contribution in [-0.2, 0) is 17.8 Å². The molecular formula is C28H30N2O4. The maximum absolute atomic E-state index is 12.6. The van der Waals surface area contributed by atoms with Crippen molar-refractivity contribution < 1.29 is 19.4 Å². The van der Waals surface area contributed by atoms with Gasteiger partial charge in [-0.3, -0.25) is 4.79 Å². The van der Waals surface area contributed by atoms with Gasteiger partial charge < -0.3 is 24.8 Å². The van der Waals surface area contributed by atoms with E-state index in [1.165, 1.54) is 13.2 Å². The van der Waals surface area contributed by atoms with E-state index in [-0.39, 0.29) is 18.0 Å². The highest BCUT2D eigenvalue weighted by Crippen LogP contribution is 2.27. The first-order chi connectivity index (χ1) is 16.6. The number of rotatable bonds is 9. The third-order valence-electron chi connectivity index (χ3n) is 5.84. The van der Waals surface area contributed by atoms with E-state index >= 15 is 0 Å². The van der Waals surface area contributed by atoms with E-state index in [0.717, 1.165) is 54.3 Å². The van der Waals surface area contributed by atoms with E-state index < -0.39 is 0 Å². The Kier molecular flexibility index (Phi) is 7.83. The van der Waals surface area contributed by atoms with Gasteiger partial charge in [-0.05, 0) is 47.0 Å². The van der Waals surface area contributed by atoms with Crippen LogP contribution in [0, 0.1) is 0 Å². The Labute approximate surface area is 200 Å². The largest absolute Gasteiger partial charge is 0.504 e. The molecule has 0 atom stereocenters. The fraction of sp³-hybridized carbons (Fsp3) is 0.250. The van der Waals surface area contributed by atoms with Gasteiger partial charge in [0.2, 0.25) is 0 Å². The molecule has 1 heterocycles. The molecule has 1 saturated heterocycles. The van der Waals surface area contributed by atoms with Crippen molar-refractivity contribution in [2.75, 3.05) is 38.2 Å². The smallest absolute Gasteiger partial charge is 0.160 e. The Bertz CT molecular complexity index is 1150. The van der Waals surface area contributed by atoms with Gasteiger partial charge in [-0.1, -0.05) is 42.5 Å². The van der Waals surface area contributed by atoms with Gasteiger partial charge in [0.15, 0.2) is 17.3 Å². The van der Waals surface area contributed by atoms with Crippen LogP contribution in [0.2, 0.25) is 0 Å². The number of aromatic hydroxyl groups is 1. The monoisotopic (exact) mass is 458 g/mol. The number of carbonyl (C=O) groups excluding carboxylic acids is 1. The Morgan fingerprint density at radius 1 is 1.03 bits per heavy atom. The third-order valence-corrected chi connectivity index (χ3v) is 5.84. The average molecular weight is 459 g/mol. The number of anilines is 1. The number of methoxy groups -OCH3 is 1. The number of benzene rings is 3. The molecule has 3 aromatic carbocycles. The summed E-state index contributed by atoms with van der Waals surface area (Å²) in [7, 11) is 1.50. The van der Waals surface area contributed by atoms with E-state index in [1.807, 2.05) is 36.4 Å². The molecule has 0 amide bonds. The van der Waals surface area contributed by atoms with Gasteiger partial charge in [0, 0.05) is 44.4 Å². The molecule has 6 nitrogen and oxygen atoms in total. The van der Waals surface area contributed by atoms with Crippen LogP contribution in [0.4, 0.5) is 5.69 Å². The lowest BCUT2D eigenvalue weighted by Gasteiger charge is -2.29. The quantitative estimate of drug-likeness (QED) is 0.468. The standard InChI is InChI=1S/C28H30N2O4/c1-33-28-12-10-21(17-27(28)32)9-11-25(31)18-22-5-2-3-6-23(22)20-34-26-8-4-7-24(19-26)30-15-13-29-14-16-30/h2-12,17,19,29,32H,13-16,18,20H2,1H3/b11-9+. The van der Waals surface area contributed by atoms with Crippen molar-refractivity contribution in [1.82, 2.24) is 5.32 Å². The summed E-state index contributed by atoms with van der Waals surface area (Å²) in [6, 6.07) is 21.0. The minimum absolute atomic E-state index is 0.0246. The van der Waals surface area contributed by atoms with Crippen LogP contribution >= 0.6 is 0 Å². The molecule has 34 heavy (non-hydrogen) atoms. The first kappa shape index (κ1) is 23.4. The maximum Gasteiger partial charge on any atom is 0.160 e. The van der Waals surface area contributed by atoms with E-state index in [0.29, 0.717) is 12.4 Å². The number of nitrogens with one attached hydrogen (secondary N) is 1. The summed E-state index contributed by atoms with van der Waals surface area (Å²) in [5.41, 5.74) is 3.82. The predicted molar refractivity (Wildman–Crippen MR) is 135 cm³/mol. The van der Waals surface area contributed by atoms with E-state index in [4.69, 9.17) is 9.47 Å². The van der Waals surface area contributed by atoms with Crippen LogP contribution in [0.1, 0.15) is 16.7 Å². The highest BCUT2D eigenvalue weighted by Gasteiger charge is 2.12. The topological polar surface area (TPSA) is 71.0 Å². The molecule has 0 saturated carbocycles. The molecule has 0 aliphatic carbocycles. The number of nitrogens with zero attached hydrogens (tertiary/aromatic N) is 1. The van der Waals surface area contributed by atoms with E-state index in [9.17, 15) is 9.90 Å².